The van der Waals surface area contributed by atoms with Gasteiger partial charge in [0.1, 0.15) is 0 Å². The number of benzene rings is 2. The number of nitrogens with two attached hydrogens (primary N) is 1. The predicted octanol–water partition coefficient (Wildman–Crippen LogP) is 2.00. The highest BCUT2D eigenvalue weighted by molar-refractivity contribution is 5.78. The second-order valence-corrected chi connectivity index (χ2v) is 5.42. The Morgan fingerprint density at radius 2 is 1.76 bits per heavy atom. The molecule has 0 aliphatic heterocycles. The van der Waals surface area contributed by atoms with E-state index in [2.05, 4.69) is 0 Å². The van der Waals surface area contributed by atoms with Gasteiger partial charge in [0.05, 0.1) is 4.92 Å². The average molecular weight is 343 g/mol. The third kappa shape index (κ3) is 5.58. The average Bonchev–Trinajstić information content (AvgIpc) is 2.64. The molecule has 2 N–H and O–H groups in total. The minimum atomic E-state index is -0.535. The summed E-state index contributed by atoms with van der Waals surface area (Å²) in [5, 5.41) is 11.0. The lowest BCUT2D eigenvalue weighted by molar-refractivity contribution is -0.385. The van der Waals surface area contributed by atoms with E-state index in [1.54, 1.807) is 17.0 Å². The fourth-order valence-electron chi connectivity index (χ4n) is 2.39. The van der Waals surface area contributed by atoms with Gasteiger partial charge in [-0.2, -0.15) is 0 Å². The number of carbonyl (C=O) groups excluding carboxylic acids is 1. The van der Waals surface area contributed by atoms with Gasteiger partial charge < -0.3 is 15.4 Å². The van der Waals surface area contributed by atoms with Crippen molar-refractivity contribution in [2.24, 2.45) is 5.73 Å². The summed E-state index contributed by atoms with van der Waals surface area (Å²) in [6.07, 6.45) is 0.706. The number of hydrogen-bond acceptors (Lipinski definition) is 5. The molecule has 0 aliphatic carbocycles. The van der Waals surface area contributed by atoms with Crippen LogP contribution in [0.2, 0.25) is 0 Å². The van der Waals surface area contributed by atoms with Gasteiger partial charge in [-0.25, -0.2) is 0 Å². The number of nitro groups is 1. The molecule has 0 fully saturated rings. The van der Waals surface area contributed by atoms with Gasteiger partial charge in [-0.3, -0.25) is 14.9 Å². The van der Waals surface area contributed by atoms with Crippen LogP contribution in [0.5, 0.6) is 5.75 Å². The SMILES string of the molecule is NCCN(CCc1ccccc1)C(=O)COc1ccccc1[N+](=O)[O-]. The molecule has 0 aromatic heterocycles. The molecule has 0 unspecified atom stereocenters. The van der Waals surface area contributed by atoms with E-state index >= 15 is 0 Å². The highest BCUT2D eigenvalue weighted by atomic mass is 16.6. The number of nitrogens with zero attached hydrogens (tertiary/aromatic N) is 2. The lowest BCUT2D eigenvalue weighted by Crippen LogP contribution is -2.39. The van der Waals surface area contributed by atoms with Crippen LogP contribution >= 0.6 is 0 Å². The highest BCUT2D eigenvalue weighted by Crippen LogP contribution is 2.25. The van der Waals surface area contributed by atoms with Crippen molar-refractivity contribution in [3.8, 4) is 5.75 Å². The van der Waals surface area contributed by atoms with E-state index in [1.165, 1.54) is 12.1 Å². The van der Waals surface area contributed by atoms with Crippen molar-refractivity contribution >= 4 is 11.6 Å². The number of amides is 1. The van der Waals surface area contributed by atoms with Crippen LogP contribution in [0.15, 0.2) is 54.6 Å². The van der Waals surface area contributed by atoms with Crippen molar-refractivity contribution in [2.45, 2.75) is 6.42 Å². The molecule has 0 spiro atoms. The van der Waals surface area contributed by atoms with Gasteiger partial charge in [-0.15, -0.1) is 0 Å². The Balaban J connectivity index is 1.95. The minimum Gasteiger partial charge on any atom is -0.477 e. The van der Waals surface area contributed by atoms with Gasteiger partial charge in [0.2, 0.25) is 0 Å². The number of nitro benzene ring substituents is 1. The van der Waals surface area contributed by atoms with E-state index in [1.807, 2.05) is 30.3 Å². The summed E-state index contributed by atoms with van der Waals surface area (Å²) in [7, 11) is 0. The number of rotatable bonds is 9. The van der Waals surface area contributed by atoms with Gasteiger partial charge >= 0.3 is 5.69 Å². The van der Waals surface area contributed by atoms with Crippen molar-refractivity contribution < 1.29 is 14.5 Å². The lowest BCUT2D eigenvalue weighted by atomic mass is 10.1. The van der Waals surface area contributed by atoms with Crippen molar-refractivity contribution in [1.82, 2.24) is 4.90 Å². The molecule has 0 heterocycles. The van der Waals surface area contributed by atoms with Gasteiger partial charge in [0, 0.05) is 25.7 Å². The van der Waals surface area contributed by atoms with E-state index in [4.69, 9.17) is 10.5 Å². The number of para-hydroxylation sites is 2. The van der Waals surface area contributed by atoms with Crippen LogP contribution in [0.4, 0.5) is 5.69 Å². The van der Waals surface area contributed by atoms with E-state index in [-0.39, 0.29) is 24.0 Å². The van der Waals surface area contributed by atoms with Crippen molar-refractivity contribution in [3.05, 3.63) is 70.3 Å². The zero-order valence-electron chi connectivity index (χ0n) is 13.8. The normalized spacial score (nSPS) is 10.3. The van der Waals surface area contributed by atoms with E-state index in [0.717, 1.165) is 5.56 Å². The van der Waals surface area contributed by atoms with Crippen LogP contribution in [0.1, 0.15) is 5.56 Å². The Bertz CT molecular complexity index is 706. The van der Waals surface area contributed by atoms with Crippen LogP contribution in [0.3, 0.4) is 0 Å². The first-order valence-electron chi connectivity index (χ1n) is 8.00. The summed E-state index contributed by atoms with van der Waals surface area (Å²) >= 11 is 0. The van der Waals surface area contributed by atoms with E-state index < -0.39 is 4.92 Å². The lowest BCUT2D eigenvalue weighted by Gasteiger charge is -2.22. The Morgan fingerprint density at radius 1 is 1.08 bits per heavy atom. The molecule has 0 aliphatic rings. The molecule has 0 atom stereocenters. The minimum absolute atomic E-state index is 0.0802. The van der Waals surface area contributed by atoms with Gasteiger partial charge in [-0.1, -0.05) is 42.5 Å². The second-order valence-electron chi connectivity index (χ2n) is 5.42. The van der Waals surface area contributed by atoms with Gasteiger partial charge in [0.25, 0.3) is 5.91 Å². The van der Waals surface area contributed by atoms with Crippen LogP contribution in [0.25, 0.3) is 0 Å². The Morgan fingerprint density at radius 3 is 2.44 bits per heavy atom. The van der Waals surface area contributed by atoms with Crippen molar-refractivity contribution in [3.63, 3.8) is 0 Å². The van der Waals surface area contributed by atoms with E-state index in [9.17, 15) is 14.9 Å². The quantitative estimate of drug-likeness (QED) is 0.554. The van der Waals surface area contributed by atoms with Gasteiger partial charge in [0.15, 0.2) is 12.4 Å². The molecule has 0 saturated heterocycles. The first kappa shape index (κ1) is 18.4. The molecule has 7 heteroatoms. The Kier molecular flexibility index (Phi) is 6.91. The molecule has 1 amide bonds. The van der Waals surface area contributed by atoms with Crippen LogP contribution in [-0.2, 0) is 11.2 Å². The molecular formula is C18H21N3O4. The Labute approximate surface area is 146 Å². The summed E-state index contributed by atoms with van der Waals surface area (Å²) in [6, 6.07) is 15.8. The zero-order chi connectivity index (χ0) is 18.1. The van der Waals surface area contributed by atoms with Gasteiger partial charge in [-0.05, 0) is 18.1 Å². The van der Waals surface area contributed by atoms with Crippen molar-refractivity contribution in [1.29, 1.82) is 0 Å². The maximum atomic E-state index is 12.4. The van der Waals surface area contributed by atoms with E-state index in [0.29, 0.717) is 26.1 Å². The third-order valence-corrected chi connectivity index (χ3v) is 3.68. The van der Waals surface area contributed by atoms with Crippen molar-refractivity contribution in [2.75, 3.05) is 26.2 Å². The fraction of sp³-hybridized carbons (Fsp3) is 0.278. The molecule has 2 aromatic carbocycles. The molecule has 2 aromatic rings. The molecular weight excluding hydrogens is 322 g/mol. The summed E-state index contributed by atoms with van der Waals surface area (Å²) in [5.41, 5.74) is 6.54. The Hall–Kier alpha value is -2.93. The summed E-state index contributed by atoms with van der Waals surface area (Å²) in [5.74, 6) is -0.170. The number of hydrogen-bond donors (Lipinski definition) is 1. The maximum Gasteiger partial charge on any atom is 0.310 e. The first-order valence-corrected chi connectivity index (χ1v) is 8.00. The molecule has 2 rings (SSSR count). The smallest absolute Gasteiger partial charge is 0.310 e. The monoisotopic (exact) mass is 343 g/mol. The topological polar surface area (TPSA) is 98.7 Å². The van der Waals surface area contributed by atoms with Crippen LogP contribution in [-0.4, -0.2) is 42.0 Å². The van der Waals surface area contributed by atoms with Crippen LogP contribution in [0, 0.1) is 10.1 Å². The summed E-state index contributed by atoms with van der Waals surface area (Å²) in [4.78, 5) is 24.4. The molecule has 0 bridgehead atoms. The summed E-state index contributed by atoms with van der Waals surface area (Å²) < 4.78 is 5.37. The molecule has 0 saturated carbocycles. The fourth-order valence-corrected chi connectivity index (χ4v) is 2.39. The number of carbonyl (C=O) groups is 1. The first-order chi connectivity index (χ1) is 12.1. The largest absolute Gasteiger partial charge is 0.477 e. The predicted molar refractivity (Wildman–Crippen MR) is 94.4 cm³/mol. The standard InChI is InChI=1S/C18H21N3O4/c19-11-13-20(12-10-15-6-2-1-3-7-15)18(22)14-25-17-9-5-4-8-16(17)21(23)24/h1-9H,10-14,19H2. The van der Waals surface area contributed by atoms with Crippen LogP contribution < -0.4 is 10.5 Å². The summed E-state index contributed by atoms with van der Waals surface area (Å²) in [6.45, 7) is 0.998. The third-order valence-electron chi connectivity index (χ3n) is 3.68. The molecule has 132 valence electrons. The number of ether oxygens (including phenoxy) is 1. The second kappa shape index (κ2) is 9.39. The highest BCUT2D eigenvalue weighted by Gasteiger charge is 2.18. The molecule has 7 nitrogen and oxygen atoms in total. The molecule has 25 heavy (non-hydrogen) atoms. The maximum absolute atomic E-state index is 12.4. The zero-order valence-corrected chi connectivity index (χ0v) is 13.8. The molecule has 0 radical (unpaired) electrons.